The van der Waals surface area contributed by atoms with Crippen LogP contribution in [0.25, 0.3) is 81.3 Å². The van der Waals surface area contributed by atoms with Crippen LogP contribution in [0.2, 0.25) is 0 Å². The summed E-state index contributed by atoms with van der Waals surface area (Å²) in [5.41, 5.74) is 7.41. The van der Waals surface area contributed by atoms with Gasteiger partial charge in [-0.15, -0.1) is 11.3 Å². The third-order valence-electron chi connectivity index (χ3n) is 8.01. The van der Waals surface area contributed by atoms with Crippen LogP contribution < -0.4 is 0 Å². The van der Waals surface area contributed by atoms with Crippen LogP contribution in [0.1, 0.15) is 0 Å². The summed E-state index contributed by atoms with van der Waals surface area (Å²) in [4.78, 5) is 20.3. The first-order valence-electron chi connectivity index (χ1n) is 13.8. The van der Waals surface area contributed by atoms with Crippen LogP contribution in [0.15, 0.2) is 128 Å². The average molecular weight is 556 g/mol. The topological polar surface area (TPSA) is 56.5 Å². The average Bonchev–Trinajstić information content (AvgIpc) is 3.61. The molecule has 9 aromatic rings. The van der Waals surface area contributed by atoms with Crippen LogP contribution >= 0.6 is 11.3 Å². The predicted octanol–water partition coefficient (Wildman–Crippen LogP) is 9.22. The molecule has 9 rings (SSSR count). The van der Waals surface area contributed by atoms with Crippen molar-refractivity contribution in [1.82, 2.24) is 24.5 Å². The maximum absolute atomic E-state index is 5.31. The Kier molecular flexibility index (Phi) is 5.00. The summed E-state index contributed by atoms with van der Waals surface area (Å²) < 4.78 is 3.38. The highest BCUT2D eigenvalue weighted by Gasteiger charge is 2.21. The number of hydrogen-bond donors (Lipinski definition) is 0. The van der Waals surface area contributed by atoms with Crippen molar-refractivity contribution in [3.63, 3.8) is 0 Å². The fraction of sp³-hybridized carbons (Fsp3) is 0. The van der Waals surface area contributed by atoms with Gasteiger partial charge in [0, 0.05) is 38.7 Å². The SMILES string of the molecule is c1ccc(-c2ccc(-c3nc(-n4c5ccccc5c5ccc6c7cncnc7sc6c54)nc4ccccc34)cc2)cc1. The molecule has 4 aromatic heterocycles. The Labute approximate surface area is 244 Å². The minimum Gasteiger partial charge on any atom is -0.276 e. The Balaban J connectivity index is 1.35. The number of thiophene rings is 1. The molecule has 42 heavy (non-hydrogen) atoms. The quantitative estimate of drug-likeness (QED) is 0.218. The first-order valence-corrected chi connectivity index (χ1v) is 14.6. The standard InChI is InChI=1S/C36H21N5S/c1-2-8-22(9-3-1)23-14-16-24(17-15-23)32-28-11-4-6-12-30(28)39-36(40-32)41-31-13-7-5-10-25(31)26-18-19-27-29-20-37-21-38-35(29)42-34(27)33(26)41/h1-21H. The fourth-order valence-corrected chi connectivity index (χ4v) is 7.22. The Morgan fingerprint density at radius 3 is 2.14 bits per heavy atom. The summed E-state index contributed by atoms with van der Waals surface area (Å²) in [6.07, 6.45) is 3.52. The van der Waals surface area contributed by atoms with Crippen molar-refractivity contribution in [2.24, 2.45) is 0 Å². The van der Waals surface area contributed by atoms with Gasteiger partial charge in [0.05, 0.1) is 26.9 Å². The number of fused-ring (bicyclic) bond motifs is 8. The van der Waals surface area contributed by atoms with E-state index < -0.39 is 0 Å². The van der Waals surface area contributed by atoms with E-state index in [-0.39, 0.29) is 0 Å². The van der Waals surface area contributed by atoms with Crippen molar-refractivity contribution in [2.75, 3.05) is 0 Å². The molecular formula is C36H21N5S. The van der Waals surface area contributed by atoms with Crippen molar-refractivity contribution in [2.45, 2.75) is 0 Å². The number of hydrogen-bond acceptors (Lipinski definition) is 5. The number of para-hydroxylation sites is 2. The molecule has 0 spiro atoms. The number of aromatic nitrogens is 5. The molecule has 5 nitrogen and oxygen atoms in total. The van der Waals surface area contributed by atoms with Gasteiger partial charge in [-0.25, -0.2) is 19.9 Å². The lowest BCUT2D eigenvalue weighted by Crippen LogP contribution is -2.03. The van der Waals surface area contributed by atoms with Gasteiger partial charge in [-0.05, 0) is 23.3 Å². The largest absolute Gasteiger partial charge is 0.276 e. The highest BCUT2D eigenvalue weighted by molar-refractivity contribution is 7.26. The lowest BCUT2D eigenvalue weighted by Gasteiger charge is -2.12. The molecular weight excluding hydrogens is 534 g/mol. The van der Waals surface area contributed by atoms with Gasteiger partial charge in [0.15, 0.2) is 0 Å². The molecule has 0 atom stereocenters. The molecule has 0 aliphatic heterocycles. The van der Waals surface area contributed by atoms with Crippen LogP contribution in [-0.2, 0) is 0 Å². The minimum absolute atomic E-state index is 0.651. The van der Waals surface area contributed by atoms with E-state index in [1.165, 1.54) is 21.9 Å². The molecule has 4 heterocycles. The molecule has 0 unspecified atom stereocenters. The Morgan fingerprint density at radius 2 is 1.26 bits per heavy atom. The monoisotopic (exact) mass is 555 g/mol. The van der Waals surface area contributed by atoms with Crippen molar-refractivity contribution in [3.05, 3.63) is 128 Å². The smallest absolute Gasteiger partial charge is 0.235 e. The van der Waals surface area contributed by atoms with Crippen LogP contribution in [-0.4, -0.2) is 24.5 Å². The molecule has 0 aliphatic rings. The van der Waals surface area contributed by atoms with E-state index in [2.05, 4.69) is 118 Å². The highest BCUT2D eigenvalue weighted by atomic mass is 32.1. The van der Waals surface area contributed by atoms with Gasteiger partial charge in [-0.1, -0.05) is 103 Å². The summed E-state index contributed by atoms with van der Waals surface area (Å²) in [7, 11) is 0. The van der Waals surface area contributed by atoms with Gasteiger partial charge >= 0.3 is 0 Å². The van der Waals surface area contributed by atoms with Crippen molar-refractivity contribution in [3.8, 4) is 28.3 Å². The van der Waals surface area contributed by atoms with Crippen LogP contribution in [0.3, 0.4) is 0 Å². The summed E-state index contributed by atoms with van der Waals surface area (Å²) in [5, 5.41) is 5.57. The molecule has 0 aliphatic carbocycles. The zero-order valence-electron chi connectivity index (χ0n) is 22.3. The Hall–Kier alpha value is -5.46. The number of nitrogens with zero attached hydrogens (tertiary/aromatic N) is 5. The second-order valence-corrected chi connectivity index (χ2v) is 11.4. The summed E-state index contributed by atoms with van der Waals surface area (Å²) in [6, 6.07) is 40.3. The van der Waals surface area contributed by atoms with Crippen LogP contribution in [0.5, 0.6) is 0 Å². The Morgan fingerprint density at radius 1 is 0.548 bits per heavy atom. The van der Waals surface area contributed by atoms with E-state index in [1.54, 1.807) is 17.7 Å². The minimum atomic E-state index is 0.651. The maximum atomic E-state index is 5.31. The van der Waals surface area contributed by atoms with E-state index in [9.17, 15) is 0 Å². The lowest BCUT2D eigenvalue weighted by molar-refractivity contribution is 1.02. The summed E-state index contributed by atoms with van der Waals surface area (Å²) >= 11 is 1.69. The number of benzene rings is 5. The summed E-state index contributed by atoms with van der Waals surface area (Å²) in [6.45, 7) is 0. The zero-order valence-corrected chi connectivity index (χ0v) is 23.1. The third kappa shape index (κ3) is 3.42. The van der Waals surface area contributed by atoms with E-state index in [0.29, 0.717) is 5.95 Å². The first kappa shape index (κ1) is 23.3. The molecule has 5 aromatic carbocycles. The first-order chi connectivity index (χ1) is 20.8. The lowest BCUT2D eigenvalue weighted by atomic mass is 10.0. The van der Waals surface area contributed by atoms with Gasteiger partial charge < -0.3 is 0 Å². The van der Waals surface area contributed by atoms with E-state index in [4.69, 9.17) is 9.97 Å². The third-order valence-corrected chi connectivity index (χ3v) is 9.15. The fourth-order valence-electron chi connectivity index (χ4n) is 6.07. The van der Waals surface area contributed by atoms with E-state index in [1.807, 2.05) is 18.3 Å². The molecule has 0 amide bonds. The van der Waals surface area contributed by atoms with Crippen LogP contribution in [0.4, 0.5) is 0 Å². The van der Waals surface area contributed by atoms with Gasteiger partial charge in [0.1, 0.15) is 11.2 Å². The summed E-state index contributed by atoms with van der Waals surface area (Å²) in [5.74, 6) is 0.651. The predicted molar refractivity (Wildman–Crippen MR) is 173 cm³/mol. The van der Waals surface area contributed by atoms with Gasteiger partial charge in [-0.3, -0.25) is 4.57 Å². The molecule has 0 radical (unpaired) electrons. The van der Waals surface area contributed by atoms with E-state index >= 15 is 0 Å². The van der Waals surface area contributed by atoms with Gasteiger partial charge in [-0.2, -0.15) is 0 Å². The molecule has 0 saturated heterocycles. The Bertz CT molecular complexity index is 2460. The molecule has 0 bridgehead atoms. The van der Waals surface area contributed by atoms with Crippen LogP contribution in [0, 0.1) is 0 Å². The number of rotatable bonds is 3. The van der Waals surface area contributed by atoms with Gasteiger partial charge in [0.25, 0.3) is 0 Å². The molecule has 0 fully saturated rings. The normalized spacial score (nSPS) is 11.8. The van der Waals surface area contributed by atoms with Crippen molar-refractivity contribution < 1.29 is 0 Å². The zero-order chi connectivity index (χ0) is 27.6. The highest BCUT2D eigenvalue weighted by Crippen LogP contribution is 2.42. The molecule has 0 N–H and O–H groups in total. The second kappa shape index (κ2) is 9.03. The molecule has 0 saturated carbocycles. The van der Waals surface area contributed by atoms with Crippen molar-refractivity contribution in [1.29, 1.82) is 0 Å². The van der Waals surface area contributed by atoms with Crippen molar-refractivity contribution >= 4 is 64.3 Å². The molecule has 6 heteroatoms. The second-order valence-electron chi connectivity index (χ2n) is 10.4. The maximum Gasteiger partial charge on any atom is 0.235 e. The van der Waals surface area contributed by atoms with E-state index in [0.717, 1.165) is 53.5 Å². The van der Waals surface area contributed by atoms with Gasteiger partial charge in [0.2, 0.25) is 5.95 Å². The molecule has 196 valence electrons.